The Morgan fingerprint density at radius 1 is 0.949 bits per heavy atom. The highest BCUT2D eigenvalue weighted by Gasteiger charge is 2.20. The molecule has 1 fully saturated rings. The molecule has 3 aromatic rings. The molecule has 1 aromatic heterocycles. The van der Waals surface area contributed by atoms with Crippen LogP contribution in [0, 0.1) is 17.7 Å². The molecule has 1 aliphatic rings. The minimum absolute atomic E-state index is 0.0901. The molecular weight excluding hydrogens is 489 g/mol. The van der Waals surface area contributed by atoms with Crippen LogP contribution >= 0.6 is 0 Å². The van der Waals surface area contributed by atoms with Gasteiger partial charge in [-0.25, -0.2) is 9.37 Å². The Bertz CT molecular complexity index is 1190. The second kappa shape index (κ2) is 13.9. The fraction of sp³-hybridized carbons (Fsp3) is 0.562. The van der Waals surface area contributed by atoms with E-state index >= 15 is 0 Å². The molecule has 212 valence electrons. The average Bonchev–Trinajstić information content (AvgIpc) is 3.26. The van der Waals surface area contributed by atoms with Gasteiger partial charge in [-0.05, 0) is 106 Å². The molecule has 0 radical (unpaired) electrons. The van der Waals surface area contributed by atoms with Gasteiger partial charge in [0, 0.05) is 30.9 Å². The number of benzene rings is 2. The van der Waals surface area contributed by atoms with Gasteiger partial charge >= 0.3 is 0 Å². The third-order valence-electron chi connectivity index (χ3n) is 7.64. The molecule has 0 spiro atoms. The number of hydrogen-bond acceptors (Lipinski definition) is 4. The minimum Gasteiger partial charge on any atom is -0.339 e. The molecule has 2 heterocycles. The van der Waals surface area contributed by atoms with Crippen LogP contribution in [-0.4, -0.2) is 58.0 Å². The van der Waals surface area contributed by atoms with Crippen LogP contribution in [0.15, 0.2) is 42.5 Å². The quantitative estimate of drug-likeness (QED) is 0.249. The number of nitrogens with zero attached hydrogens (tertiary/aromatic N) is 4. The number of hydrogen-bond donors (Lipinski definition) is 1. The lowest BCUT2D eigenvalue weighted by Gasteiger charge is -2.26. The normalized spacial score (nSPS) is 14.4. The second-order valence-electron chi connectivity index (χ2n) is 11.8. The van der Waals surface area contributed by atoms with Crippen molar-refractivity contribution in [2.45, 2.75) is 72.8 Å². The summed E-state index contributed by atoms with van der Waals surface area (Å²) in [5, 5.41) is 3.39. The molecule has 1 aliphatic heterocycles. The predicted octanol–water partition coefficient (Wildman–Crippen LogP) is 7.33. The first-order valence-corrected chi connectivity index (χ1v) is 14.8. The molecule has 0 saturated carbocycles. The van der Waals surface area contributed by atoms with E-state index in [-0.39, 0.29) is 11.7 Å². The number of halogens is 1. The highest BCUT2D eigenvalue weighted by atomic mass is 19.1. The van der Waals surface area contributed by atoms with Crippen molar-refractivity contribution in [3.05, 3.63) is 53.8 Å². The topological polar surface area (TPSA) is 53.4 Å². The smallest absolute Gasteiger partial charge is 0.253 e. The van der Waals surface area contributed by atoms with E-state index in [2.05, 4.69) is 42.5 Å². The summed E-state index contributed by atoms with van der Waals surface area (Å²) in [7, 11) is 0. The number of piperidine rings is 1. The van der Waals surface area contributed by atoms with Crippen LogP contribution in [0.2, 0.25) is 0 Å². The van der Waals surface area contributed by atoms with Gasteiger partial charge in [0.15, 0.2) is 0 Å². The molecule has 1 saturated heterocycles. The second-order valence-corrected chi connectivity index (χ2v) is 11.8. The largest absolute Gasteiger partial charge is 0.339 e. The predicted molar refractivity (Wildman–Crippen MR) is 159 cm³/mol. The number of rotatable bonds is 13. The van der Waals surface area contributed by atoms with Crippen molar-refractivity contribution in [3.63, 3.8) is 0 Å². The molecule has 1 N–H and O–H groups in total. The van der Waals surface area contributed by atoms with Crippen LogP contribution in [0.3, 0.4) is 0 Å². The molecule has 0 bridgehead atoms. The van der Waals surface area contributed by atoms with Crippen molar-refractivity contribution in [1.82, 2.24) is 19.4 Å². The first-order chi connectivity index (χ1) is 18.8. The molecular formula is C32H46FN5O. The van der Waals surface area contributed by atoms with E-state index in [4.69, 9.17) is 4.98 Å². The summed E-state index contributed by atoms with van der Waals surface area (Å²) in [5.74, 6) is 1.63. The number of amides is 1. The van der Waals surface area contributed by atoms with E-state index in [1.807, 2.05) is 23.1 Å². The van der Waals surface area contributed by atoms with Crippen LogP contribution < -0.4 is 5.32 Å². The average molecular weight is 536 g/mol. The minimum atomic E-state index is -0.266. The van der Waals surface area contributed by atoms with Crippen LogP contribution in [0.1, 0.15) is 76.6 Å². The van der Waals surface area contributed by atoms with E-state index in [0.717, 1.165) is 68.1 Å². The van der Waals surface area contributed by atoms with E-state index in [1.165, 1.54) is 44.5 Å². The van der Waals surface area contributed by atoms with Gasteiger partial charge in [-0.15, -0.1) is 0 Å². The Kier molecular flexibility index (Phi) is 10.4. The Morgan fingerprint density at radius 2 is 1.62 bits per heavy atom. The summed E-state index contributed by atoms with van der Waals surface area (Å²) in [6.07, 6.45) is 6.87. The van der Waals surface area contributed by atoms with E-state index in [1.54, 1.807) is 12.1 Å². The molecule has 0 unspecified atom stereocenters. The van der Waals surface area contributed by atoms with E-state index < -0.39 is 0 Å². The summed E-state index contributed by atoms with van der Waals surface area (Å²) >= 11 is 0. The van der Waals surface area contributed by atoms with Crippen LogP contribution in [0.25, 0.3) is 11.0 Å². The fourth-order valence-corrected chi connectivity index (χ4v) is 5.20. The Hall–Kier alpha value is -2.93. The summed E-state index contributed by atoms with van der Waals surface area (Å²) in [6.45, 7) is 14.5. The molecule has 6 nitrogen and oxygen atoms in total. The Balaban J connectivity index is 1.61. The van der Waals surface area contributed by atoms with Gasteiger partial charge in [0.25, 0.3) is 5.91 Å². The monoisotopic (exact) mass is 535 g/mol. The summed E-state index contributed by atoms with van der Waals surface area (Å²) in [4.78, 5) is 23.2. The lowest BCUT2D eigenvalue weighted by Crippen LogP contribution is -2.34. The van der Waals surface area contributed by atoms with Crippen LogP contribution in [0.4, 0.5) is 16.0 Å². The Labute approximate surface area is 233 Å². The summed E-state index contributed by atoms with van der Waals surface area (Å²) in [6, 6.07) is 12.2. The molecule has 0 atom stereocenters. The fourth-order valence-electron chi connectivity index (χ4n) is 5.20. The van der Waals surface area contributed by atoms with Gasteiger partial charge in [-0.2, -0.15) is 0 Å². The number of fused-ring (bicyclic) bond motifs is 1. The lowest BCUT2D eigenvalue weighted by atomic mass is 10.1. The Morgan fingerprint density at radius 3 is 2.26 bits per heavy atom. The summed E-state index contributed by atoms with van der Waals surface area (Å²) in [5.41, 5.74) is 3.30. The zero-order valence-corrected chi connectivity index (χ0v) is 24.3. The highest BCUT2D eigenvalue weighted by molar-refractivity contribution is 5.98. The number of nitrogens with one attached hydrogen (secondary N) is 1. The van der Waals surface area contributed by atoms with Gasteiger partial charge in [0.1, 0.15) is 5.82 Å². The molecule has 7 heteroatoms. The zero-order valence-electron chi connectivity index (χ0n) is 24.3. The first kappa shape index (κ1) is 29.1. The SMILES string of the molecule is CC(C)CCN(CCC(C)C)C(=O)c1ccc2nc(Nc3ccc(F)cc3)n(CCCN3CCCCC3)c2c1. The first-order valence-electron chi connectivity index (χ1n) is 14.8. The number of carbonyl (C=O) groups excluding carboxylic acids is 1. The zero-order chi connectivity index (χ0) is 27.8. The number of anilines is 2. The van der Waals surface area contributed by atoms with Crippen molar-refractivity contribution < 1.29 is 9.18 Å². The van der Waals surface area contributed by atoms with Crippen LogP contribution in [-0.2, 0) is 6.54 Å². The van der Waals surface area contributed by atoms with Crippen molar-refractivity contribution in [2.75, 3.05) is 38.0 Å². The summed E-state index contributed by atoms with van der Waals surface area (Å²) < 4.78 is 15.7. The van der Waals surface area contributed by atoms with Crippen LogP contribution in [0.5, 0.6) is 0 Å². The maximum Gasteiger partial charge on any atom is 0.253 e. The van der Waals surface area contributed by atoms with Gasteiger partial charge in [-0.3, -0.25) is 4.79 Å². The maximum atomic E-state index is 13.7. The van der Waals surface area contributed by atoms with E-state index in [0.29, 0.717) is 17.4 Å². The van der Waals surface area contributed by atoms with Gasteiger partial charge in [-0.1, -0.05) is 34.1 Å². The van der Waals surface area contributed by atoms with Gasteiger partial charge in [0.05, 0.1) is 11.0 Å². The lowest BCUT2D eigenvalue weighted by molar-refractivity contribution is 0.0741. The molecule has 2 aromatic carbocycles. The standard InChI is InChI=1S/C32H46FN5O/c1-24(2)15-21-37(22-16-25(3)4)31(39)26-9-14-29-30(23-26)38(20-8-19-36-17-6-5-7-18-36)32(35-29)34-28-12-10-27(33)11-13-28/h9-14,23-25H,5-8,15-22H2,1-4H3,(H,34,35). The van der Waals surface area contributed by atoms with Crippen molar-refractivity contribution in [3.8, 4) is 0 Å². The number of carbonyl (C=O) groups is 1. The number of likely N-dealkylation sites (tertiary alicyclic amines) is 1. The van der Waals surface area contributed by atoms with E-state index in [9.17, 15) is 9.18 Å². The molecule has 4 rings (SSSR count). The van der Waals surface area contributed by atoms with Crippen molar-refractivity contribution in [1.29, 1.82) is 0 Å². The third-order valence-corrected chi connectivity index (χ3v) is 7.64. The van der Waals surface area contributed by atoms with Crippen molar-refractivity contribution >= 4 is 28.6 Å². The third kappa shape index (κ3) is 8.28. The maximum absolute atomic E-state index is 13.7. The molecule has 0 aliphatic carbocycles. The van der Waals surface area contributed by atoms with Gasteiger partial charge in [0.2, 0.25) is 5.95 Å². The number of aromatic nitrogens is 2. The van der Waals surface area contributed by atoms with Crippen molar-refractivity contribution in [2.24, 2.45) is 11.8 Å². The number of aryl methyl sites for hydroxylation is 1. The highest BCUT2D eigenvalue weighted by Crippen LogP contribution is 2.26. The van der Waals surface area contributed by atoms with Gasteiger partial charge < -0.3 is 19.7 Å². The molecule has 1 amide bonds. The molecule has 39 heavy (non-hydrogen) atoms. The number of imidazole rings is 1.